The van der Waals surface area contributed by atoms with Crippen LogP contribution in [-0.2, 0) is 16.6 Å². The fourth-order valence-corrected chi connectivity index (χ4v) is 4.10. The van der Waals surface area contributed by atoms with Gasteiger partial charge in [0.1, 0.15) is 0 Å². The van der Waals surface area contributed by atoms with Crippen LogP contribution in [0.1, 0.15) is 37.8 Å². The summed E-state index contributed by atoms with van der Waals surface area (Å²) < 4.78 is 26.8. The maximum absolute atomic E-state index is 12.6. The van der Waals surface area contributed by atoms with E-state index in [9.17, 15) is 8.42 Å². The number of nitrogens with zero attached hydrogens (tertiary/aromatic N) is 1. The summed E-state index contributed by atoms with van der Waals surface area (Å²) in [5, 5.41) is 3.44. The number of hydrogen-bond acceptors (Lipinski definition) is 3. The zero-order valence-electron chi connectivity index (χ0n) is 12.5. The van der Waals surface area contributed by atoms with Crippen molar-refractivity contribution in [2.45, 2.75) is 51.1 Å². The van der Waals surface area contributed by atoms with Gasteiger partial charge >= 0.3 is 0 Å². The summed E-state index contributed by atoms with van der Waals surface area (Å²) in [5.41, 5.74) is 1.94. The van der Waals surface area contributed by atoms with Gasteiger partial charge in [-0.3, -0.25) is 0 Å². The molecular formula is C15H24N2O2S. The minimum Gasteiger partial charge on any atom is -0.310 e. The van der Waals surface area contributed by atoms with Gasteiger partial charge in [-0.25, -0.2) is 8.42 Å². The fourth-order valence-electron chi connectivity index (χ4n) is 2.38. The van der Waals surface area contributed by atoms with Crippen molar-refractivity contribution in [3.63, 3.8) is 0 Å². The normalized spacial score (nSPS) is 15.8. The van der Waals surface area contributed by atoms with Gasteiger partial charge in [0.25, 0.3) is 0 Å². The summed E-state index contributed by atoms with van der Waals surface area (Å²) in [5.74, 6) is 0. The average Bonchev–Trinajstić information content (AvgIpc) is 3.22. The molecule has 112 valence electrons. The van der Waals surface area contributed by atoms with Crippen LogP contribution in [0.3, 0.4) is 0 Å². The lowest BCUT2D eigenvalue weighted by Crippen LogP contribution is -2.31. The maximum atomic E-state index is 12.6. The predicted octanol–water partition coefficient (Wildman–Crippen LogP) is 2.28. The summed E-state index contributed by atoms with van der Waals surface area (Å²) in [7, 11) is -3.37. The molecule has 0 aromatic heterocycles. The first-order valence-electron chi connectivity index (χ1n) is 7.32. The summed E-state index contributed by atoms with van der Waals surface area (Å²) >= 11 is 0. The molecule has 1 aliphatic carbocycles. The van der Waals surface area contributed by atoms with Crippen LogP contribution in [0.5, 0.6) is 0 Å². The van der Waals surface area contributed by atoms with Gasteiger partial charge in [-0.15, -0.1) is 0 Å². The van der Waals surface area contributed by atoms with Crippen molar-refractivity contribution in [2.75, 3.05) is 13.1 Å². The smallest absolute Gasteiger partial charge is 0.243 e. The molecule has 0 heterocycles. The second-order valence-electron chi connectivity index (χ2n) is 5.28. The van der Waals surface area contributed by atoms with E-state index in [1.54, 1.807) is 6.07 Å². The highest BCUT2D eigenvalue weighted by Crippen LogP contribution is 2.24. The second-order valence-corrected chi connectivity index (χ2v) is 7.19. The Hall–Kier alpha value is -0.910. The van der Waals surface area contributed by atoms with Gasteiger partial charge in [-0.05, 0) is 37.0 Å². The van der Waals surface area contributed by atoms with Crippen molar-refractivity contribution in [2.24, 2.45) is 0 Å². The third-order valence-electron chi connectivity index (χ3n) is 3.88. The van der Waals surface area contributed by atoms with Crippen molar-refractivity contribution >= 4 is 10.0 Å². The zero-order chi connectivity index (χ0) is 14.8. The van der Waals surface area contributed by atoms with Gasteiger partial charge in [-0.2, -0.15) is 4.31 Å². The van der Waals surface area contributed by atoms with Crippen LogP contribution in [-0.4, -0.2) is 31.9 Å². The summed E-state index contributed by atoms with van der Waals surface area (Å²) in [6.07, 6.45) is 2.47. The van der Waals surface area contributed by atoms with Crippen molar-refractivity contribution < 1.29 is 8.42 Å². The van der Waals surface area contributed by atoms with E-state index in [4.69, 9.17) is 0 Å². The van der Waals surface area contributed by atoms with Gasteiger partial charge in [-0.1, -0.05) is 26.0 Å². The monoisotopic (exact) mass is 296 g/mol. The highest BCUT2D eigenvalue weighted by Gasteiger charge is 2.25. The molecule has 1 fully saturated rings. The molecule has 1 aromatic rings. The van der Waals surface area contributed by atoms with E-state index >= 15 is 0 Å². The van der Waals surface area contributed by atoms with E-state index in [0.29, 0.717) is 24.0 Å². The highest BCUT2D eigenvalue weighted by molar-refractivity contribution is 7.89. The van der Waals surface area contributed by atoms with Gasteiger partial charge in [0.2, 0.25) is 10.0 Å². The fraction of sp³-hybridized carbons (Fsp3) is 0.600. The Morgan fingerprint density at radius 2 is 1.90 bits per heavy atom. The molecule has 1 N–H and O–H groups in total. The molecule has 1 saturated carbocycles. The van der Waals surface area contributed by atoms with Crippen molar-refractivity contribution in [1.29, 1.82) is 0 Å². The van der Waals surface area contributed by atoms with Crippen LogP contribution >= 0.6 is 0 Å². The lowest BCUT2D eigenvalue weighted by molar-refractivity contribution is 0.444. The molecule has 0 unspecified atom stereocenters. The van der Waals surface area contributed by atoms with E-state index in [1.807, 2.05) is 32.9 Å². The van der Waals surface area contributed by atoms with Crippen LogP contribution < -0.4 is 5.32 Å². The molecule has 4 nitrogen and oxygen atoms in total. The number of rotatable bonds is 7. The summed E-state index contributed by atoms with van der Waals surface area (Å²) in [6.45, 7) is 7.40. The Labute approximate surface area is 122 Å². The van der Waals surface area contributed by atoms with E-state index in [0.717, 1.165) is 17.7 Å². The standard InChI is InChI=1S/C15H24N2O2S/c1-4-17(5-2)20(18,19)15-8-6-7-13(12(15)3)11-16-14-9-10-14/h6-8,14,16H,4-5,9-11H2,1-3H3. The van der Waals surface area contributed by atoms with Gasteiger partial charge in [0.15, 0.2) is 0 Å². The lowest BCUT2D eigenvalue weighted by atomic mass is 10.1. The Kier molecular flexibility index (Phi) is 4.83. The van der Waals surface area contributed by atoms with Crippen LogP contribution in [0.15, 0.2) is 23.1 Å². The Balaban J connectivity index is 2.28. The van der Waals surface area contributed by atoms with E-state index in [-0.39, 0.29) is 0 Å². The zero-order valence-corrected chi connectivity index (χ0v) is 13.3. The van der Waals surface area contributed by atoms with Crippen molar-refractivity contribution in [3.05, 3.63) is 29.3 Å². The lowest BCUT2D eigenvalue weighted by Gasteiger charge is -2.21. The van der Waals surface area contributed by atoms with Crippen LogP contribution in [0.25, 0.3) is 0 Å². The Morgan fingerprint density at radius 3 is 2.45 bits per heavy atom. The minimum atomic E-state index is -3.37. The predicted molar refractivity (Wildman–Crippen MR) is 81.1 cm³/mol. The third kappa shape index (κ3) is 3.22. The molecule has 0 saturated heterocycles. The molecule has 5 heteroatoms. The second kappa shape index (κ2) is 6.24. The molecule has 2 rings (SSSR count). The number of hydrogen-bond donors (Lipinski definition) is 1. The number of nitrogens with one attached hydrogen (secondary N) is 1. The molecule has 20 heavy (non-hydrogen) atoms. The van der Waals surface area contributed by atoms with Crippen molar-refractivity contribution in [3.8, 4) is 0 Å². The summed E-state index contributed by atoms with van der Waals surface area (Å²) in [6, 6.07) is 6.18. The van der Waals surface area contributed by atoms with Crippen LogP contribution in [0.4, 0.5) is 0 Å². The first kappa shape index (κ1) is 15.5. The minimum absolute atomic E-state index is 0.441. The molecule has 1 aliphatic rings. The molecule has 0 bridgehead atoms. The Bertz CT molecular complexity index is 561. The largest absolute Gasteiger partial charge is 0.310 e. The molecule has 0 atom stereocenters. The average molecular weight is 296 g/mol. The first-order chi connectivity index (χ1) is 9.50. The molecule has 0 amide bonds. The van der Waals surface area contributed by atoms with Gasteiger partial charge < -0.3 is 5.32 Å². The Morgan fingerprint density at radius 1 is 1.25 bits per heavy atom. The van der Waals surface area contributed by atoms with Crippen LogP contribution in [0, 0.1) is 6.92 Å². The topological polar surface area (TPSA) is 49.4 Å². The molecule has 1 aromatic carbocycles. The van der Waals surface area contributed by atoms with E-state index in [1.165, 1.54) is 17.1 Å². The van der Waals surface area contributed by atoms with E-state index in [2.05, 4.69) is 5.32 Å². The quantitative estimate of drug-likeness (QED) is 0.840. The number of benzene rings is 1. The van der Waals surface area contributed by atoms with Crippen LogP contribution in [0.2, 0.25) is 0 Å². The van der Waals surface area contributed by atoms with Gasteiger partial charge in [0, 0.05) is 25.7 Å². The van der Waals surface area contributed by atoms with Gasteiger partial charge in [0.05, 0.1) is 4.90 Å². The SMILES string of the molecule is CCN(CC)S(=O)(=O)c1cccc(CNC2CC2)c1C. The number of sulfonamides is 1. The first-order valence-corrected chi connectivity index (χ1v) is 8.76. The summed E-state index contributed by atoms with van der Waals surface area (Å²) in [4.78, 5) is 0.441. The van der Waals surface area contributed by atoms with Crippen molar-refractivity contribution in [1.82, 2.24) is 9.62 Å². The molecule has 0 aliphatic heterocycles. The maximum Gasteiger partial charge on any atom is 0.243 e. The molecule has 0 spiro atoms. The third-order valence-corrected chi connectivity index (χ3v) is 6.07. The molecular weight excluding hydrogens is 272 g/mol. The molecule has 0 radical (unpaired) electrons. The highest BCUT2D eigenvalue weighted by atomic mass is 32.2. The van der Waals surface area contributed by atoms with E-state index < -0.39 is 10.0 Å².